The molecule has 0 aliphatic rings. The highest BCUT2D eigenvalue weighted by Crippen LogP contribution is 2.38. The summed E-state index contributed by atoms with van der Waals surface area (Å²) in [4.78, 5) is 1.01. The lowest BCUT2D eigenvalue weighted by Crippen LogP contribution is -1.91. The van der Waals surface area contributed by atoms with Gasteiger partial charge in [0.15, 0.2) is 0 Å². The minimum absolute atomic E-state index is 1.01. The van der Waals surface area contributed by atoms with E-state index < -0.39 is 0 Å². The third kappa shape index (κ3) is 2.37. The zero-order valence-electron chi connectivity index (χ0n) is 11.4. The van der Waals surface area contributed by atoms with Crippen LogP contribution >= 0.6 is 12.6 Å². The molecule has 0 spiro atoms. The summed E-state index contributed by atoms with van der Waals surface area (Å²) in [5.41, 5.74) is 6.19. The molecule has 1 heteroatoms. The van der Waals surface area contributed by atoms with E-state index in [1.807, 2.05) is 12.1 Å². The van der Waals surface area contributed by atoms with Gasteiger partial charge in [0, 0.05) is 10.5 Å². The van der Waals surface area contributed by atoms with E-state index in [0.717, 1.165) is 4.90 Å². The first kappa shape index (κ1) is 13.0. The molecule has 0 aromatic heterocycles. The Kier molecular flexibility index (Phi) is 3.62. The zero-order valence-corrected chi connectivity index (χ0v) is 12.3. The van der Waals surface area contributed by atoms with Crippen molar-refractivity contribution in [1.29, 1.82) is 0 Å². The van der Waals surface area contributed by atoms with Crippen molar-refractivity contribution in [3.63, 3.8) is 0 Å². The minimum Gasteiger partial charge on any atom is -0.143 e. The van der Waals surface area contributed by atoms with E-state index in [1.165, 1.54) is 27.8 Å². The SMILES string of the molecule is Cc1ccc(S)c(-c2ccccc2)c1-c1ccccc1. The van der Waals surface area contributed by atoms with Crippen LogP contribution in [0.3, 0.4) is 0 Å². The molecular weight excluding hydrogens is 260 g/mol. The lowest BCUT2D eigenvalue weighted by atomic mass is 9.91. The van der Waals surface area contributed by atoms with Gasteiger partial charge in [-0.1, -0.05) is 66.7 Å². The second-order valence-corrected chi connectivity index (χ2v) is 5.37. The summed E-state index contributed by atoms with van der Waals surface area (Å²) in [6.07, 6.45) is 0. The Hall–Kier alpha value is -1.99. The average molecular weight is 276 g/mol. The molecule has 98 valence electrons. The molecule has 0 amide bonds. The molecule has 3 aromatic carbocycles. The zero-order chi connectivity index (χ0) is 13.9. The van der Waals surface area contributed by atoms with Crippen molar-refractivity contribution in [2.75, 3.05) is 0 Å². The van der Waals surface area contributed by atoms with Crippen molar-refractivity contribution in [3.05, 3.63) is 78.4 Å². The summed E-state index contributed by atoms with van der Waals surface area (Å²) >= 11 is 4.68. The van der Waals surface area contributed by atoms with Gasteiger partial charge in [-0.2, -0.15) is 0 Å². The van der Waals surface area contributed by atoms with Crippen LogP contribution < -0.4 is 0 Å². The van der Waals surface area contributed by atoms with Gasteiger partial charge in [0.05, 0.1) is 0 Å². The molecular formula is C19H16S. The maximum Gasteiger partial charge on any atom is 0.0125 e. The molecule has 0 atom stereocenters. The van der Waals surface area contributed by atoms with Gasteiger partial charge >= 0.3 is 0 Å². The van der Waals surface area contributed by atoms with Crippen LogP contribution in [-0.2, 0) is 0 Å². The summed E-state index contributed by atoms with van der Waals surface area (Å²) in [6.45, 7) is 2.15. The molecule has 0 nitrogen and oxygen atoms in total. The van der Waals surface area contributed by atoms with Crippen molar-refractivity contribution >= 4 is 12.6 Å². The molecule has 0 aliphatic carbocycles. The van der Waals surface area contributed by atoms with Gasteiger partial charge in [-0.25, -0.2) is 0 Å². The molecule has 0 saturated carbocycles. The third-order valence-electron chi connectivity index (χ3n) is 3.52. The Bertz CT molecular complexity index is 651. The van der Waals surface area contributed by atoms with Crippen molar-refractivity contribution in [2.45, 2.75) is 11.8 Å². The predicted octanol–water partition coefficient (Wildman–Crippen LogP) is 5.62. The van der Waals surface area contributed by atoms with Crippen LogP contribution in [0.5, 0.6) is 0 Å². The van der Waals surface area contributed by atoms with Gasteiger partial charge in [-0.15, -0.1) is 12.6 Å². The standard InChI is InChI=1S/C19H16S/c1-14-12-13-17(20)19(16-10-6-3-7-11-16)18(14)15-8-4-2-5-9-15/h2-13,20H,1H3. The molecule has 0 bridgehead atoms. The van der Waals surface area contributed by atoms with Gasteiger partial charge in [0.2, 0.25) is 0 Å². The molecule has 20 heavy (non-hydrogen) atoms. The molecule has 0 radical (unpaired) electrons. The highest BCUT2D eigenvalue weighted by molar-refractivity contribution is 7.80. The topological polar surface area (TPSA) is 0 Å². The highest BCUT2D eigenvalue weighted by atomic mass is 32.1. The van der Waals surface area contributed by atoms with E-state index in [2.05, 4.69) is 80.2 Å². The number of rotatable bonds is 2. The average Bonchev–Trinajstić information content (AvgIpc) is 2.51. The van der Waals surface area contributed by atoms with Crippen LogP contribution in [0.25, 0.3) is 22.3 Å². The second kappa shape index (κ2) is 5.56. The quantitative estimate of drug-likeness (QED) is 0.577. The number of aryl methyl sites for hydroxylation is 1. The molecule has 0 aliphatic heterocycles. The van der Waals surface area contributed by atoms with Gasteiger partial charge in [-0.05, 0) is 35.2 Å². The minimum atomic E-state index is 1.01. The molecule has 3 aromatic rings. The van der Waals surface area contributed by atoms with E-state index in [0.29, 0.717) is 0 Å². The normalized spacial score (nSPS) is 10.5. The molecule has 0 heterocycles. The van der Waals surface area contributed by atoms with Crippen molar-refractivity contribution in [1.82, 2.24) is 0 Å². The lowest BCUT2D eigenvalue weighted by molar-refractivity contribution is 1.37. The van der Waals surface area contributed by atoms with Gasteiger partial charge in [0.1, 0.15) is 0 Å². The highest BCUT2D eigenvalue weighted by Gasteiger charge is 2.12. The fraction of sp³-hybridized carbons (Fsp3) is 0.0526. The van der Waals surface area contributed by atoms with Crippen LogP contribution in [0.4, 0.5) is 0 Å². The van der Waals surface area contributed by atoms with Gasteiger partial charge < -0.3 is 0 Å². The smallest absolute Gasteiger partial charge is 0.0125 e. The van der Waals surface area contributed by atoms with E-state index in [9.17, 15) is 0 Å². The molecule has 0 unspecified atom stereocenters. The Labute approximate surface area is 125 Å². The summed E-state index contributed by atoms with van der Waals surface area (Å²) < 4.78 is 0. The van der Waals surface area contributed by atoms with E-state index in [-0.39, 0.29) is 0 Å². The van der Waals surface area contributed by atoms with Crippen molar-refractivity contribution in [3.8, 4) is 22.3 Å². The summed E-state index contributed by atoms with van der Waals surface area (Å²) in [5, 5.41) is 0. The Morgan fingerprint density at radius 3 is 1.65 bits per heavy atom. The Balaban J connectivity index is 2.32. The van der Waals surface area contributed by atoms with Crippen LogP contribution in [0.15, 0.2) is 77.7 Å². The first-order valence-electron chi connectivity index (χ1n) is 6.71. The predicted molar refractivity (Wildman–Crippen MR) is 89.3 cm³/mol. The van der Waals surface area contributed by atoms with Gasteiger partial charge in [-0.3, -0.25) is 0 Å². The molecule has 0 N–H and O–H groups in total. The fourth-order valence-corrected chi connectivity index (χ4v) is 2.89. The molecule has 3 rings (SSSR count). The van der Waals surface area contributed by atoms with E-state index in [1.54, 1.807) is 0 Å². The van der Waals surface area contributed by atoms with E-state index in [4.69, 9.17) is 0 Å². The summed E-state index contributed by atoms with van der Waals surface area (Å²) in [7, 11) is 0. The lowest BCUT2D eigenvalue weighted by Gasteiger charge is -2.15. The Morgan fingerprint density at radius 1 is 0.600 bits per heavy atom. The molecule has 0 fully saturated rings. The largest absolute Gasteiger partial charge is 0.143 e. The van der Waals surface area contributed by atoms with Gasteiger partial charge in [0.25, 0.3) is 0 Å². The van der Waals surface area contributed by atoms with Crippen LogP contribution in [0, 0.1) is 6.92 Å². The maximum atomic E-state index is 4.68. The van der Waals surface area contributed by atoms with Crippen LogP contribution in [0.2, 0.25) is 0 Å². The van der Waals surface area contributed by atoms with Crippen molar-refractivity contribution < 1.29 is 0 Å². The second-order valence-electron chi connectivity index (χ2n) is 4.88. The number of hydrogen-bond acceptors (Lipinski definition) is 1. The van der Waals surface area contributed by atoms with Crippen LogP contribution in [0.1, 0.15) is 5.56 Å². The number of hydrogen-bond donors (Lipinski definition) is 1. The fourth-order valence-electron chi connectivity index (χ4n) is 2.57. The summed E-state index contributed by atoms with van der Waals surface area (Å²) in [5.74, 6) is 0. The first-order valence-corrected chi connectivity index (χ1v) is 7.15. The maximum absolute atomic E-state index is 4.68. The Morgan fingerprint density at radius 2 is 1.10 bits per heavy atom. The number of benzene rings is 3. The van der Waals surface area contributed by atoms with Crippen molar-refractivity contribution in [2.24, 2.45) is 0 Å². The first-order chi connectivity index (χ1) is 9.77. The third-order valence-corrected chi connectivity index (χ3v) is 3.89. The monoisotopic (exact) mass is 276 g/mol. The summed E-state index contributed by atoms with van der Waals surface area (Å²) in [6, 6.07) is 25.2. The van der Waals surface area contributed by atoms with E-state index >= 15 is 0 Å². The molecule has 0 saturated heterocycles. The van der Waals surface area contributed by atoms with Crippen LogP contribution in [-0.4, -0.2) is 0 Å². The number of thiol groups is 1.